The number of rotatable bonds is 0. The lowest BCUT2D eigenvalue weighted by atomic mass is 10.5. The first kappa shape index (κ1) is 5.63. The van der Waals surface area contributed by atoms with Crippen molar-refractivity contribution < 1.29 is 9.26 Å². The molecular formula is C5H7ClNO+. The van der Waals surface area contributed by atoms with E-state index in [-0.39, 0.29) is 0 Å². The predicted molar refractivity (Wildman–Crippen MR) is 29.6 cm³/mol. The van der Waals surface area contributed by atoms with Gasteiger partial charge in [0.15, 0.2) is 12.8 Å². The second kappa shape index (κ2) is 1.78. The summed E-state index contributed by atoms with van der Waals surface area (Å²) in [6, 6.07) is 1.77. The van der Waals surface area contributed by atoms with Gasteiger partial charge in [0.25, 0.3) is 0 Å². The van der Waals surface area contributed by atoms with E-state index >= 15 is 0 Å². The quantitative estimate of drug-likeness (QED) is 0.483. The molecule has 0 aromatic carbocycles. The molecule has 0 aliphatic rings. The fourth-order valence-corrected chi connectivity index (χ4v) is 0.733. The third-order valence-electron chi connectivity index (χ3n) is 0.904. The van der Waals surface area contributed by atoms with Gasteiger partial charge in [-0.3, -0.25) is 0 Å². The summed E-state index contributed by atoms with van der Waals surface area (Å²) in [5.41, 5.74) is 0. The summed E-state index contributed by atoms with van der Waals surface area (Å²) in [6.45, 7) is 1.85. The van der Waals surface area contributed by atoms with Gasteiger partial charge in [0, 0.05) is 6.92 Å². The van der Waals surface area contributed by atoms with Gasteiger partial charge < -0.3 is 0 Å². The second-order valence-corrected chi connectivity index (χ2v) is 2.05. The number of aryl methyl sites for hydroxylation is 2. The molecule has 0 atom stereocenters. The van der Waals surface area contributed by atoms with E-state index in [1.54, 1.807) is 13.1 Å². The van der Waals surface area contributed by atoms with E-state index in [0.29, 0.717) is 5.15 Å². The van der Waals surface area contributed by atoms with Crippen LogP contribution < -0.4 is 4.74 Å². The maximum atomic E-state index is 5.60. The molecule has 0 saturated carbocycles. The van der Waals surface area contributed by atoms with Gasteiger partial charge in [-0.1, -0.05) is 0 Å². The van der Waals surface area contributed by atoms with E-state index in [9.17, 15) is 0 Å². The molecule has 1 heterocycles. The zero-order valence-corrected chi connectivity index (χ0v) is 5.57. The average Bonchev–Trinajstić information content (AvgIpc) is 1.85. The monoisotopic (exact) mass is 132 g/mol. The minimum atomic E-state index is 0.627. The Kier molecular flexibility index (Phi) is 1.26. The fourth-order valence-electron chi connectivity index (χ4n) is 0.545. The van der Waals surface area contributed by atoms with Crippen LogP contribution in [0, 0.1) is 6.92 Å². The van der Waals surface area contributed by atoms with Crippen LogP contribution in [0.1, 0.15) is 5.76 Å². The van der Waals surface area contributed by atoms with Gasteiger partial charge in [-0.25, -0.2) is 4.52 Å². The highest BCUT2D eigenvalue weighted by molar-refractivity contribution is 6.28. The minimum Gasteiger partial charge on any atom is -0.240 e. The smallest absolute Gasteiger partial charge is 0.240 e. The Morgan fingerprint density at radius 3 is 2.50 bits per heavy atom. The Morgan fingerprint density at radius 2 is 2.38 bits per heavy atom. The minimum absolute atomic E-state index is 0.627. The van der Waals surface area contributed by atoms with E-state index < -0.39 is 0 Å². The van der Waals surface area contributed by atoms with E-state index in [1.807, 2.05) is 6.92 Å². The summed E-state index contributed by atoms with van der Waals surface area (Å²) in [5.74, 6) is 0.831. The Bertz CT molecular complexity index is 175. The molecule has 0 amide bonds. The predicted octanol–water partition coefficient (Wildman–Crippen LogP) is 1.07. The maximum Gasteiger partial charge on any atom is 0.322 e. The van der Waals surface area contributed by atoms with Crippen LogP contribution >= 0.6 is 11.6 Å². The lowest BCUT2D eigenvalue weighted by Gasteiger charge is -1.70. The van der Waals surface area contributed by atoms with Gasteiger partial charge >= 0.3 is 5.15 Å². The molecule has 3 heteroatoms. The van der Waals surface area contributed by atoms with Crippen LogP contribution in [0.4, 0.5) is 0 Å². The van der Waals surface area contributed by atoms with Crippen molar-refractivity contribution in [1.29, 1.82) is 0 Å². The van der Waals surface area contributed by atoms with Crippen molar-refractivity contribution in [3.8, 4) is 0 Å². The van der Waals surface area contributed by atoms with Gasteiger partial charge in [-0.2, -0.15) is 0 Å². The highest BCUT2D eigenvalue weighted by Crippen LogP contribution is 2.03. The van der Waals surface area contributed by atoms with Crippen molar-refractivity contribution in [3.05, 3.63) is 17.0 Å². The Morgan fingerprint density at radius 1 is 1.75 bits per heavy atom. The molecule has 2 nitrogen and oxygen atoms in total. The number of hydrogen-bond acceptors (Lipinski definition) is 1. The van der Waals surface area contributed by atoms with Crippen molar-refractivity contribution in [2.45, 2.75) is 6.92 Å². The molecule has 0 radical (unpaired) electrons. The van der Waals surface area contributed by atoms with Gasteiger partial charge in [0.1, 0.15) is 0 Å². The Hall–Kier alpha value is -0.500. The van der Waals surface area contributed by atoms with Crippen LogP contribution in [-0.2, 0) is 7.05 Å². The van der Waals surface area contributed by atoms with Crippen LogP contribution in [0.15, 0.2) is 10.6 Å². The van der Waals surface area contributed by atoms with E-state index in [4.69, 9.17) is 16.1 Å². The highest BCUT2D eigenvalue weighted by atomic mass is 35.5. The molecular weight excluding hydrogens is 126 g/mol. The van der Waals surface area contributed by atoms with Gasteiger partial charge in [-0.05, 0) is 16.3 Å². The molecule has 0 bridgehead atoms. The average molecular weight is 133 g/mol. The molecule has 0 aliphatic carbocycles. The zero-order chi connectivity index (χ0) is 6.15. The van der Waals surface area contributed by atoms with Crippen molar-refractivity contribution in [1.82, 2.24) is 0 Å². The largest absolute Gasteiger partial charge is 0.322 e. The van der Waals surface area contributed by atoms with E-state index in [1.165, 1.54) is 4.74 Å². The molecule has 1 aromatic heterocycles. The molecule has 1 aromatic rings. The first-order valence-corrected chi connectivity index (χ1v) is 2.70. The summed E-state index contributed by atoms with van der Waals surface area (Å²) in [7, 11) is 1.76. The highest BCUT2D eigenvalue weighted by Gasteiger charge is 2.07. The molecule has 0 saturated heterocycles. The van der Waals surface area contributed by atoms with Gasteiger partial charge in [0.05, 0.1) is 6.07 Å². The van der Waals surface area contributed by atoms with Crippen molar-refractivity contribution in [3.63, 3.8) is 0 Å². The van der Waals surface area contributed by atoms with Crippen LogP contribution in [0.2, 0.25) is 5.15 Å². The van der Waals surface area contributed by atoms with Crippen molar-refractivity contribution in [2.24, 2.45) is 7.05 Å². The Labute approximate surface area is 52.6 Å². The molecule has 44 valence electrons. The van der Waals surface area contributed by atoms with Gasteiger partial charge in [-0.15, -0.1) is 0 Å². The fraction of sp³-hybridized carbons (Fsp3) is 0.400. The van der Waals surface area contributed by atoms with Crippen LogP contribution in [0.5, 0.6) is 0 Å². The number of halogens is 1. The van der Waals surface area contributed by atoms with Crippen molar-refractivity contribution >= 4 is 11.6 Å². The normalized spacial score (nSPS) is 9.88. The molecule has 0 aliphatic heterocycles. The summed E-state index contributed by atoms with van der Waals surface area (Å²) >= 11 is 5.60. The number of aromatic nitrogens is 1. The lowest BCUT2D eigenvalue weighted by molar-refractivity contribution is -0.844. The van der Waals surface area contributed by atoms with E-state index in [0.717, 1.165) is 5.76 Å². The SMILES string of the molecule is Cc1cc(Cl)[n+](C)o1. The summed E-state index contributed by atoms with van der Waals surface area (Å²) < 4.78 is 6.51. The van der Waals surface area contributed by atoms with Crippen LogP contribution in [0.3, 0.4) is 0 Å². The summed E-state index contributed by atoms with van der Waals surface area (Å²) in [6.07, 6.45) is 0. The Balaban J connectivity index is 3.14. The third-order valence-corrected chi connectivity index (χ3v) is 1.25. The first-order valence-electron chi connectivity index (χ1n) is 2.32. The van der Waals surface area contributed by atoms with Crippen molar-refractivity contribution in [2.75, 3.05) is 0 Å². The van der Waals surface area contributed by atoms with Gasteiger partial charge in [0.2, 0.25) is 0 Å². The summed E-state index contributed by atoms with van der Waals surface area (Å²) in [4.78, 5) is 0. The standard InChI is InChI=1S/C5H7ClNO/c1-4-3-5(6)7(2)8-4/h3H,1-2H3/q+1. The lowest BCUT2D eigenvalue weighted by Crippen LogP contribution is -2.25. The molecule has 0 N–H and O–H groups in total. The molecule has 8 heavy (non-hydrogen) atoms. The first-order chi connectivity index (χ1) is 3.70. The third kappa shape index (κ3) is 0.842. The summed E-state index contributed by atoms with van der Waals surface area (Å²) in [5, 5.41) is 0.627. The number of nitrogens with zero attached hydrogens (tertiary/aromatic N) is 1. The maximum absolute atomic E-state index is 5.60. The van der Waals surface area contributed by atoms with Crippen LogP contribution in [0.25, 0.3) is 0 Å². The molecule has 0 fully saturated rings. The topological polar surface area (TPSA) is 17.0 Å². The molecule has 1 rings (SSSR count). The van der Waals surface area contributed by atoms with Crippen LogP contribution in [-0.4, -0.2) is 0 Å². The number of hydrogen-bond donors (Lipinski definition) is 0. The zero-order valence-electron chi connectivity index (χ0n) is 4.81. The van der Waals surface area contributed by atoms with E-state index in [2.05, 4.69) is 0 Å². The molecule has 0 spiro atoms. The molecule has 0 unspecified atom stereocenters. The second-order valence-electron chi connectivity index (χ2n) is 1.67.